The Morgan fingerprint density at radius 3 is 2.69 bits per heavy atom. The SMILES string of the molecule is O=C[C@H](COCc1ccccc1)NC(=O)O. The third-order valence-electron chi connectivity index (χ3n) is 1.88. The second-order valence-electron chi connectivity index (χ2n) is 3.19. The predicted octanol–water partition coefficient (Wildman–Crippen LogP) is 1.04. The molecule has 1 amide bonds. The largest absolute Gasteiger partial charge is 0.465 e. The van der Waals surface area contributed by atoms with E-state index in [1.165, 1.54) is 0 Å². The van der Waals surface area contributed by atoms with E-state index in [1.807, 2.05) is 35.6 Å². The molecule has 0 aliphatic rings. The molecule has 0 saturated carbocycles. The van der Waals surface area contributed by atoms with Crippen LogP contribution in [0.1, 0.15) is 5.56 Å². The lowest BCUT2D eigenvalue weighted by Crippen LogP contribution is -2.38. The first kappa shape index (κ1) is 12.2. The maximum Gasteiger partial charge on any atom is 0.405 e. The van der Waals surface area contributed by atoms with Crippen molar-refractivity contribution in [2.75, 3.05) is 6.61 Å². The molecule has 5 heteroatoms. The van der Waals surface area contributed by atoms with E-state index in [4.69, 9.17) is 9.84 Å². The van der Waals surface area contributed by atoms with Gasteiger partial charge in [0.15, 0.2) is 0 Å². The minimum absolute atomic E-state index is 0.0324. The Morgan fingerprint density at radius 2 is 2.12 bits per heavy atom. The van der Waals surface area contributed by atoms with Crippen LogP contribution in [0.2, 0.25) is 0 Å². The van der Waals surface area contributed by atoms with E-state index in [0.29, 0.717) is 12.9 Å². The molecule has 0 aliphatic heterocycles. The van der Waals surface area contributed by atoms with Crippen molar-refractivity contribution in [3.05, 3.63) is 35.9 Å². The Kier molecular flexibility index (Phi) is 5.01. The number of carboxylic acid groups (broad SMARTS) is 1. The van der Waals surface area contributed by atoms with E-state index in [0.717, 1.165) is 5.56 Å². The number of amides is 1. The van der Waals surface area contributed by atoms with Crippen LogP contribution in [-0.2, 0) is 16.1 Å². The molecule has 1 aromatic carbocycles. The number of hydrogen-bond donors (Lipinski definition) is 2. The van der Waals surface area contributed by atoms with Gasteiger partial charge < -0.3 is 20.0 Å². The van der Waals surface area contributed by atoms with Crippen LogP contribution in [0, 0.1) is 0 Å². The van der Waals surface area contributed by atoms with Gasteiger partial charge in [0.2, 0.25) is 0 Å². The van der Waals surface area contributed by atoms with E-state index in [-0.39, 0.29) is 6.61 Å². The Bertz CT molecular complexity index is 339. The Hall–Kier alpha value is -1.88. The van der Waals surface area contributed by atoms with Gasteiger partial charge in [0.1, 0.15) is 12.3 Å². The van der Waals surface area contributed by atoms with Gasteiger partial charge in [0, 0.05) is 0 Å². The van der Waals surface area contributed by atoms with Gasteiger partial charge in [-0.05, 0) is 5.56 Å². The highest BCUT2D eigenvalue weighted by Gasteiger charge is 2.09. The molecule has 1 atom stereocenters. The van der Waals surface area contributed by atoms with Gasteiger partial charge in [-0.1, -0.05) is 30.3 Å². The average molecular weight is 223 g/mol. The van der Waals surface area contributed by atoms with E-state index in [1.54, 1.807) is 0 Å². The second kappa shape index (κ2) is 6.58. The molecule has 1 rings (SSSR count). The van der Waals surface area contributed by atoms with Crippen molar-refractivity contribution in [1.29, 1.82) is 0 Å². The predicted molar refractivity (Wildman–Crippen MR) is 57.1 cm³/mol. The zero-order chi connectivity index (χ0) is 11.8. The maximum atomic E-state index is 10.5. The van der Waals surface area contributed by atoms with Gasteiger partial charge >= 0.3 is 6.09 Å². The van der Waals surface area contributed by atoms with Crippen molar-refractivity contribution >= 4 is 12.4 Å². The fraction of sp³-hybridized carbons (Fsp3) is 0.273. The van der Waals surface area contributed by atoms with E-state index in [9.17, 15) is 9.59 Å². The molecule has 2 N–H and O–H groups in total. The molecule has 0 aromatic heterocycles. The first-order valence-corrected chi connectivity index (χ1v) is 4.79. The number of rotatable bonds is 6. The van der Waals surface area contributed by atoms with Crippen LogP contribution in [0.25, 0.3) is 0 Å². The van der Waals surface area contributed by atoms with Gasteiger partial charge in [-0.15, -0.1) is 0 Å². The van der Waals surface area contributed by atoms with Crippen LogP contribution in [0.4, 0.5) is 4.79 Å². The molecule has 0 heterocycles. The fourth-order valence-corrected chi connectivity index (χ4v) is 1.15. The Labute approximate surface area is 93.0 Å². The smallest absolute Gasteiger partial charge is 0.405 e. The van der Waals surface area contributed by atoms with Gasteiger partial charge in [0.05, 0.1) is 13.2 Å². The first-order valence-electron chi connectivity index (χ1n) is 4.79. The summed E-state index contributed by atoms with van der Waals surface area (Å²) in [5, 5.41) is 10.4. The van der Waals surface area contributed by atoms with Crippen molar-refractivity contribution in [2.45, 2.75) is 12.6 Å². The summed E-state index contributed by atoms with van der Waals surface area (Å²) >= 11 is 0. The molecule has 5 nitrogen and oxygen atoms in total. The van der Waals surface area contributed by atoms with Gasteiger partial charge in [0.25, 0.3) is 0 Å². The number of hydrogen-bond acceptors (Lipinski definition) is 3. The van der Waals surface area contributed by atoms with Crippen molar-refractivity contribution in [1.82, 2.24) is 5.32 Å². The molecule has 0 spiro atoms. The summed E-state index contributed by atoms with van der Waals surface area (Å²) in [6, 6.07) is 8.61. The lowest BCUT2D eigenvalue weighted by Gasteiger charge is -2.10. The standard InChI is InChI=1S/C11H13NO4/c13-6-10(12-11(14)15)8-16-7-9-4-2-1-3-5-9/h1-6,10,12H,7-8H2,(H,14,15)/t10-/m1/s1. The number of ether oxygens (including phenoxy) is 1. The molecule has 0 radical (unpaired) electrons. The number of nitrogens with one attached hydrogen (secondary N) is 1. The van der Waals surface area contributed by atoms with E-state index in [2.05, 4.69) is 0 Å². The summed E-state index contributed by atoms with van der Waals surface area (Å²) in [4.78, 5) is 20.8. The van der Waals surface area contributed by atoms with Gasteiger partial charge in [-0.2, -0.15) is 0 Å². The molecular formula is C11H13NO4. The minimum atomic E-state index is -1.24. The summed E-state index contributed by atoms with van der Waals surface area (Å²) in [6.45, 7) is 0.386. The molecule has 86 valence electrons. The average Bonchev–Trinajstić information content (AvgIpc) is 2.28. The molecule has 0 unspecified atom stereocenters. The van der Waals surface area contributed by atoms with Crippen LogP contribution < -0.4 is 5.32 Å². The lowest BCUT2D eigenvalue weighted by atomic mass is 10.2. The number of carbonyl (C=O) groups excluding carboxylic acids is 1. The lowest BCUT2D eigenvalue weighted by molar-refractivity contribution is -0.110. The molecule has 1 aromatic rings. The highest BCUT2D eigenvalue weighted by atomic mass is 16.5. The molecule has 0 saturated heterocycles. The molecule has 0 bridgehead atoms. The highest BCUT2D eigenvalue weighted by molar-refractivity contribution is 5.71. The summed E-state index contributed by atoms with van der Waals surface area (Å²) < 4.78 is 5.22. The molecule has 0 aliphatic carbocycles. The van der Waals surface area contributed by atoms with Gasteiger partial charge in [-0.3, -0.25) is 0 Å². The zero-order valence-corrected chi connectivity index (χ0v) is 8.63. The van der Waals surface area contributed by atoms with Crippen molar-refractivity contribution < 1.29 is 19.4 Å². The molecule has 0 fully saturated rings. The maximum absolute atomic E-state index is 10.5. The third-order valence-corrected chi connectivity index (χ3v) is 1.88. The fourth-order valence-electron chi connectivity index (χ4n) is 1.15. The number of aldehydes is 1. The van der Waals surface area contributed by atoms with Crippen LogP contribution in [0.3, 0.4) is 0 Å². The Morgan fingerprint density at radius 1 is 1.44 bits per heavy atom. The Balaban J connectivity index is 2.28. The normalized spacial score (nSPS) is 11.8. The summed E-state index contributed by atoms with van der Waals surface area (Å²) in [5.74, 6) is 0. The van der Waals surface area contributed by atoms with Crippen LogP contribution in [0.15, 0.2) is 30.3 Å². The molecular weight excluding hydrogens is 210 g/mol. The third kappa shape index (κ3) is 4.56. The van der Waals surface area contributed by atoms with Gasteiger partial charge in [-0.25, -0.2) is 4.79 Å². The van der Waals surface area contributed by atoms with E-state index < -0.39 is 12.1 Å². The van der Waals surface area contributed by atoms with Crippen LogP contribution in [-0.4, -0.2) is 30.1 Å². The van der Waals surface area contributed by atoms with Crippen molar-refractivity contribution in [3.8, 4) is 0 Å². The zero-order valence-electron chi connectivity index (χ0n) is 8.63. The van der Waals surface area contributed by atoms with Crippen LogP contribution >= 0.6 is 0 Å². The first-order chi connectivity index (χ1) is 7.72. The summed E-state index contributed by atoms with van der Waals surface area (Å²) in [7, 11) is 0. The van der Waals surface area contributed by atoms with Crippen molar-refractivity contribution in [3.63, 3.8) is 0 Å². The highest BCUT2D eigenvalue weighted by Crippen LogP contribution is 2.00. The monoisotopic (exact) mass is 223 g/mol. The van der Waals surface area contributed by atoms with Crippen LogP contribution in [0.5, 0.6) is 0 Å². The molecule has 16 heavy (non-hydrogen) atoms. The summed E-state index contributed by atoms with van der Waals surface area (Å²) in [5.41, 5.74) is 0.975. The number of carbonyl (C=O) groups is 2. The summed E-state index contributed by atoms with van der Waals surface area (Å²) in [6.07, 6.45) is -0.723. The van der Waals surface area contributed by atoms with E-state index >= 15 is 0 Å². The number of benzene rings is 1. The minimum Gasteiger partial charge on any atom is -0.465 e. The van der Waals surface area contributed by atoms with Crippen molar-refractivity contribution in [2.24, 2.45) is 0 Å². The topological polar surface area (TPSA) is 75.6 Å². The second-order valence-corrected chi connectivity index (χ2v) is 3.19. The quantitative estimate of drug-likeness (QED) is 0.706.